The first-order valence-corrected chi connectivity index (χ1v) is 5.11. The van der Waals surface area contributed by atoms with Gasteiger partial charge in [0.2, 0.25) is 0 Å². The van der Waals surface area contributed by atoms with Crippen LogP contribution in [0.3, 0.4) is 0 Å². The van der Waals surface area contributed by atoms with Crippen molar-refractivity contribution in [1.82, 2.24) is 0 Å². The van der Waals surface area contributed by atoms with Gasteiger partial charge in [-0.05, 0) is 11.8 Å². The molecule has 0 fully saturated rings. The Morgan fingerprint density at radius 2 is 1.40 bits per heavy atom. The Hall–Kier alpha value is -0.990. The number of aliphatic hydroxyl groups is 1. The van der Waals surface area contributed by atoms with Crippen molar-refractivity contribution in [1.29, 1.82) is 0 Å². The highest BCUT2D eigenvalue weighted by atomic mass is 16.4. The predicted molar refractivity (Wildman–Crippen MR) is 60.8 cm³/mol. The summed E-state index contributed by atoms with van der Waals surface area (Å²) in [6.45, 7) is 11.2. The molecule has 88 valence electrons. The lowest BCUT2D eigenvalue weighted by molar-refractivity contribution is -0.133. The number of rotatable bonds is 2. The highest BCUT2D eigenvalue weighted by Gasteiger charge is 2.27. The maximum atomic E-state index is 11.0. The molecule has 3 nitrogen and oxygen atoms in total. The zero-order valence-corrected chi connectivity index (χ0v) is 10.5. The standard InChI is InChI=1S/C12H22O3/c1-11(2,3)7-8(10(14)15)9(13)12(4,5)6/h13H,7H2,1-6H3,(H,14,15). The van der Waals surface area contributed by atoms with Crippen LogP contribution in [0, 0.1) is 10.8 Å². The van der Waals surface area contributed by atoms with Crippen LogP contribution >= 0.6 is 0 Å². The predicted octanol–water partition coefficient (Wildman–Crippen LogP) is 3.37. The fourth-order valence-corrected chi connectivity index (χ4v) is 1.24. The number of aliphatic carboxylic acids is 1. The van der Waals surface area contributed by atoms with Crippen LogP contribution in [0.15, 0.2) is 11.3 Å². The minimum Gasteiger partial charge on any atom is -0.511 e. The van der Waals surface area contributed by atoms with E-state index in [1.165, 1.54) is 0 Å². The van der Waals surface area contributed by atoms with Crippen molar-refractivity contribution >= 4 is 5.97 Å². The number of carboxylic acids is 1. The number of allylic oxidation sites excluding steroid dienone is 1. The first-order chi connectivity index (χ1) is 6.45. The van der Waals surface area contributed by atoms with Crippen molar-refractivity contribution in [3.63, 3.8) is 0 Å². The second kappa shape index (κ2) is 4.25. The molecule has 0 saturated heterocycles. The van der Waals surface area contributed by atoms with E-state index < -0.39 is 11.4 Å². The fraction of sp³-hybridized carbons (Fsp3) is 0.750. The Labute approximate surface area is 91.8 Å². The summed E-state index contributed by atoms with van der Waals surface area (Å²) in [4.78, 5) is 11.0. The summed E-state index contributed by atoms with van der Waals surface area (Å²) in [6, 6.07) is 0. The molecule has 0 aliphatic rings. The molecule has 0 spiro atoms. The van der Waals surface area contributed by atoms with Crippen molar-refractivity contribution in [2.45, 2.75) is 48.0 Å². The third-order valence-corrected chi connectivity index (χ3v) is 1.96. The van der Waals surface area contributed by atoms with Crippen molar-refractivity contribution in [2.75, 3.05) is 0 Å². The van der Waals surface area contributed by atoms with Crippen molar-refractivity contribution in [3.8, 4) is 0 Å². The summed E-state index contributed by atoms with van der Waals surface area (Å²) < 4.78 is 0. The van der Waals surface area contributed by atoms with E-state index in [1.54, 1.807) is 20.8 Å². The molecule has 15 heavy (non-hydrogen) atoms. The Bertz CT molecular complexity index is 274. The van der Waals surface area contributed by atoms with Gasteiger partial charge in [0.05, 0.1) is 5.57 Å². The summed E-state index contributed by atoms with van der Waals surface area (Å²) in [5, 5.41) is 18.9. The molecule has 0 aromatic carbocycles. The average molecular weight is 214 g/mol. The number of aliphatic hydroxyl groups excluding tert-OH is 1. The summed E-state index contributed by atoms with van der Waals surface area (Å²) in [5.41, 5.74) is -0.540. The van der Waals surface area contributed by atoms with Crippen LogP contribution in [0.2, 0.25) is 0 Å². The van der Waals surface area contributed by atoms with Crippen molar-refractivity contribution < 1.29 is 15.0 Å². The smallest absolute Gasteiger partial charge is 0.335 e. The molecule has 0 aromatic rings. The molecule has 0 bridgehead atoms. The van der Waals surface area contributed by atoms with Crippen LogP contribution in [0.1, 0.15) is 48.0 Å². The normalized spacial score (nSPS) is 14.8. The largest absolute Gasteiger partial charge is 0.511 e. The highest BCUT2D eigenvalue weighted by molar-refractivity contribution is 5.87. The maximum absolute atomic E-state index is 11.0. The summed E-state index contributed by atoms with van der Waals surface area (Å²) >= 11 is 0. The Morgan fingerprint density at radius 3 is 1.60 bits per heavy atom. The van der Waals surface area contributed by atoms with E-state index in [0.29, 0.717) is 6.42 Å². The molecule has 0 atom stereocenters. The van der Waals surface area contributed by atoms with E-state index in [9.17, 15) is 9.90 Å². The van der Waals surface area contributed by atoms with Gasteiger partial charge in [-0.1, -0.05) is 41.5 Å². The van der Waals surface area contributed by atoms with Gasteiger partial charge >= 0.3 is 5.97 Å². The van der Waals surface area contributed by atoms with E-state index in [1.807, 2.05) is 20.8 Å². The Balaban J connectivity index is 5.24. The lowest BCUT2D eigenvalue weighted by atomic mass is 9.83. The number of carbonyl (C=O) groups is 1. The van der Waals surface area contributed by atoms with Crippen molar-refractivity contribution in [2.24, 2.45) is 10.8 Å². The minimum atomic E-state index is -1.03. The van der Waals surface area contributed by atoms with E-state index in [2.05, 4.69) is 0 Å². The molecule has 0 aliphatic carbocycles. The van der Waals surface area contributed by atoms with Crippen LogP contribution in [0.25, 0.3) is 0 Å². The number of hydrogen-bond acceptors (Lipinski definition) is 2. The lowest BCUT2D eigenvalue weighted by Crippen LogP contribution is -2.20. The van der Waals surface area contributed by atoms with Crippen LogP contribution in [0.5, 0.6) is 0 Å². The zero-order chi connectivity index (χ0) is 12.4. The fourth-order valence-electron chi connectivity index (χ4n) is 1.24. The number of carboxylic acid groups (broad SMARTS) is 1. The van der Waals surface area contributed by atoms with Crippen LogP contribution in [0.4, 0.5) is 0 Å². The third-order valence-electron chi connectivity index (χ3n) is 1.96. The molecule has 0 heterocycles. The van der Waals surface area contributed by atoms with E-state index in [4.69, 9.17) is 5.11 Å². The van der Waals surface area contributed by atoms with Gasteiger partial charge in [0.15, 0.2) is 0 Å². The van der Waals surface area contributed by atoms with Gasteiger partial charge in [-0.2, -0.15) is 0 Å². The molecule has 0 amide bonds. The quantitative estimate of drug-likeness (QED) is 0.547. The van der Waals surface area contributed by atoms with E-state index in [0.717, 1.165) is 0 Å². The van der Waals surface area contributed by atoms with Gasteiger partial charge in [0.1, 0.15) is 5.76 Å². The summed E-state index contributed by atoms with van der Waals surface area (Å²) in [5.74, 6) is -1.05. The second-order valence-corrected chi connectivity index (χ2v) is 6.12. The topological polar surface area (TPSA) is 57.5 Å². The van der Waals surface area contributed by atoms with Gasteiger partial charge in [0.25, 0.3) is 0 Å². The molecule has 0 rings (SSSR count). The Morgan fingerprint density at radius 1 is 1.00 bits per heavy atom. The second-order valence-electron chi connectivity index (χ2n) is 6.12. The average Bonchev–Trinajstić information content (AvgIpc) is 1.94. The van der Waals surface area contributed by atoms with E-state index >= 15 is 0 Å². The van der Waals surface area contributed by atoms with Crippen molar-refractivity contribution in [3.05, 3.63) is 11.3 Å². The molecule has 0 aromatic heterocycles. The van der Waals surface area contributed by atoms with Gasteiger partial charge in [-0.25, -0.2) is 4.79 Å². The summed E-state index contributed by atoms with van der Waals surface area (Å²) in [6.07, 6.45) is 0.367. The van der Waals surface area contributed by atoms with E-state index in [-0.39, 0.29) is 16.7 Å². The Kier molecular flexibility index (Phi) is 3.97. The summed E-state index contributed by atoms with van der Waals surface area (Å²) in [7, 11) is 0. The van der Waals surface area contributed by atoms with Crippen LogP contribution < -0.4 is 0 Å². The molecule has 0 radical (unpaired) electrons. The minimum absolute atomic E-state index is 0.0232. The molecule has 0 aliphatic heterocycles. The highest BCUT2D eigenvalue weighted by Crippen LogP contribution is 2.32. The molecule has 2 N–H and O–H groups in total. The van der Waals surface area contributed by atoms with Gasteiger partial charge in [-0.15, -0.1) is 0 Å². The molecule has 0 saturated carbocycles. The first-order valence-electron chi connectivity index (χ1n) is 5.11. The lowest BCUT2D eigenvalue weighted by Gasteiger charge is -2.24. The zero-order valence-electron chi connectivity index (χ0n) is 10.5. The monoisotopic (exact) mass is 214 g/mol. The molecular weight excluding hydrogens is 192 g/mol. The van der Waals surface area contributed by atoms with Crippen LogP contribution in [-0.2, 0) is 4.79 Å². The maximum Gasteiger partial charge on any atom is 0.335 e. The van der Waals surface area contributed by atoms with Gasteiger partial charge in [-0.3, -0.25) is 0 Å². The third kappa shape index (κ3) is 4.86. The van der Waals surface area contributed by atoms with Gasteiger partial charge < -0.3 is 10.2 Å². The molecule has 0 unspecified atom stereocenters. The van der Waals surface area contributed by atoms with Gasteiger partial charge in [0, 0.05) is 5.41 Å². The van der Waals surface area contributed by atoms with Crippen LogP contribution in [-0.4, -0.2) is 16.2 Å². The number of hydrogen-bond donors (Lipinski definition) is 2. The molecular formula is C12H22O3. The first kappa shape index (κ1) is 14.0. The molecule has 3 heteroatoms. The SMILES string of the molecule is CC(C)(C)CC(C(=O)O)=C(O)C(C)(C)C.